The molecule has 0 radical (unpaired) electrons. The molecule has 1 fully saturated rings. The molecule has 0 aliphatic carbocycles. The largest absolute Gasteiger partial charge is 0.348 e. The van der Waals surface area contributed by atoms with E-state index in [0.29, 0.717) is 19.5 Å². The summed E-state index contributed by atoms with van der Waals surface area (Å²) in [6.07, 6.45) is 0.325. The average molecular weight is 374 g/mol. The maximum atomic E-state index is 13.6. The number of likely N-dealkylation sites (tertiary alicyclic amines) is 1. The Morgan fingerprint density at radius 1 is 1.23 bits per heavy atom. The summed E-state index contributed by atoms with van der Waals surface area (Å²) in [7, 11) is 0. The van der Waals surface area contributed by atoms with Gasteiger partial charge in [-0.2, -0.15) is 0 Å². The van der Waals surface area contributed by atoms with E-state index >= 15 is 0 Å². The predicted octanol–water partition coefficient (Wildman–Crippen LogP) is 4.11. The van der Waals surface area contributed by atoms with Crippen molar-refractivity contribution in [3.05, 3.63) is 34.9 Å². The van der Waals surface area contributed by atoms with Gasteiger partial charge in [-0.05, 0) is 42.1 Å². The normalized spacial score (nSPS) is 18.7. The minimum atomic E-state index is -2.69. The van der Waals surface area contributed by atoms with Gasteiger partial charge >= 0.3 is 0 Å². The summed E-state index contributed by atoms with van der Waals surface area (Å²) in [4.78, 5) is 14.2. The van der Waals surface area contributed by atoms with E-state index < -0.39 is 25.2 Å². The van der Waals surface area contributed by atoms with E-state index in [1.165, 1.54) is 18.2 Å². The highest BCUT2D eigenvalue weighted by Crippen LogP contribution is 2.27. The quantitative estimate of drug-likeness (QED) is 0.729. The number of nitrogens with zero attached hydrogens (tertiary/aromatic N) is 1. The van der Waals surface area contributed by atoms with E-state index in [4.69, 9.17) is 0 Å². The maximum absolute atomic E-state index is 13.6. The minimum Gasteiger partial charge on any atom is -0.348 e. The third kappa shape index (κ3) is 5.43. The van der Waals surface area contributed by atoms with E-state index in [1.54, 1.807) is 4.90 Å². The zero-order chi connectivity index (χ0) is 19.3. The first kappa shape index (κ1) is 20.7. The average Bonchev–Trinajstić information content (AvgIpc) is 2.59. The summed E-state index contributed by atoms with van der Waals surface area (Å²) in [5.74, 6) is -3.06. The molecule has 1 N–H and O–H groups in total. The number of amides is 1. The van der Waals surface area contributed by atoms with Crippen LogP contribution in [-0.4, -0.2) is 42.4 Å². The lowest BCUT2D eigenvalue weighted by Gasteiger charge is -2.36. The molecule has 1 aromatic rings. The van der Waals surface area contributed by atoms with Gasteiger partial charge in [0.1, 0.15) is 13.3 Å². The first-order chi connectivity index (χ1) is 12.3. The van der Waals surface area contributed by atoms with Gasteiger partial charge in [-0.3, -0.25) is 9.69 Å². The minimum absolute atomic E-state index is 0.0419. The van der Waals surface area contributed by atoms with Crippen LogP contribution in [0.4, 0.5) is 17.6 Å². The highest BCUT2D eigenvalue weighted by atomic mass is 19.3. The van der Waals surface area contributed by atoms with Gasteiger partial charge in [0, 0.05) is 24.6 Å². The number of halogens is 4. The van der Waals surface area contributed by atoms with Crippen molar-refractivity contribution in [2.75, 3.05) is 19.6 Å². The number of piperidine rings is 1. The standard InChI is InChI=1S/C19H26F4N2O/c1-13(2)17(11-25-7-3-6-19(22,23)12-25)24-18(26)14-4-5-15(9-20)16(8-14)10-21/h4-5,8,13,17H,3,6-7,9-12H2,1-2H3,(H,24,26). The Labute approximate surface area is 151 Å². The van der Waals surface area contributed by atoms with Gasteiger partial charge in [-0.1, -0.05) is 19.9 Å². The number of alkyl halides is 4. The molecule has 26 heavy (non-hydrogen) atoms. The van der Waals surface area contributed by atoms with Crippen LogP contribution in [0.2, 0.25) is 0 Å². The van der Waals surface area contributed by atoms with Crippen molar-refractivity contribution >= 4 is 5.91 Å². The van der Waals surface area contributed by atoms with Crippen molar-refractivity contribution in [1.29, 1.82) is 0 Å². The van der Waals surface area contributed by atoms with Crippen molar-refractivity contribution in [3.63, 3.8) is 0 Å². The van der Waals surface area contributed by atoms with Crippen molar-refractivity contribution in [1.82, 2.24) is 10.2 Å². The van der Waals surface area contributed by atoms with E-state index in [2.05, 4.69) is 5.32 Å². The van der Waals surface area contributed by atoms with Crippen LogP contribution in [0.5, 0.6) is 0 Å². The fourth-order valence-corrected chi connectivity index (χ4v) is 3.18. The molecule has 1 saturated heterocycles. The summed E-state index contributed by atoms with van der Waals surface area (Å²) >= 11 is 0. The summed E-state index contributed by atoms with van der Waals surface area (Å²) in [5.41, 5.74) is 0.612. The second kappa shape index (κ2) is 8.84. The Hall–Kier alpha value is -1.63. The molecule has 1 aliphatic rings. The molecule has 1 heterocycles. The van der Waals surface area contributed by atoms with Crippen molar-refractivity contribution in [2.45, 2.75) is 52.0 Å². The highest BCUT2D eigenvalue weighted by molar-refractivity contribution is 5.94. The zero-order valence-electron chi connectivity index (χ0n) is 15.2. The number of carbonyl (C=O) groups is 1. The zero-order valence-corrected chi connectivity index (χ0v) is 15.2. The molecule has 0 aromatic heterocycles. The number of hydrogen-bond donors (Lipinski definition) is 1. The van der Waals surface area contributed by atoms with Crippen molar-refractivity contribution in [2.24, 2.45) is 5.92 Å². The van der Waals surface area contributed by atoms with Gasteiger partial charge in [0.2, 0.25) is 0 Å². The lowest BCUT2D eigenvalue weighted by molar-refractivity contribution is -0.0662. The summed E-state index contributed by atoms with van der Waals surface area (Å²) in [6, 6.07) is 3.89. The van der Waals surface area contributed by atoms with Gasteiger partial charge in [0.05, 0.1) is 6.54 Å². The number of benzene rings is 1. The molecule has 1 aromatic carbocycles. The molecule has 1 atom stereocenters. The van der Waals surface area contributed by atoms with Crippen LogP contribution in [0.15, 0.2) is 18.2 Å². The van der Waals surface area contributed by atoms with Crippen LogP contribution in [0.1, 0.15) is 48.2 Å². The molecule has 1 amide bonds. The monoisotopic (exact) mass is 374 g/mol. The van der Waals surface area contributed by atoms with Crippen LogP contribution in [0, 0.1) is 5.92 Å². The summed E-state index contributed by atoms with van der Waals surface area (Å²) in [5, 5.41) is 2.85. The van der Waals surface area contributed by atoms with Gasteiger partial charge < -0.3 is 5.32 Å². The van der Waals surface area contributed by atoms with E-state index in [0.717, 1.165) is 0 Å². The van der Waals surface area contributed by atoms with Crippen LogP contribution in [0.25, 0.3) is 0 Å². The molecule has 1 unspecified atom stereocenters. The maximum Gasteiger partial charge on any atom is 0.260 e. The second-order valence-electron chi connectivity index (χ2n) is 7.27. The first-order valence-corrected chi connectivity index (χ1v) is 8.90. The molecule has 3 nitrogen and oxygen atoms in total. The van der Waals surface area contributed by atoms with Crippen LogP contribution >= 0.6 is 0 Å². The number of carbonyl (C=O) groups excluding carboxylic acids is 1. The fraction of sp³-hybridized carbons (Fsp3) is 0.632. The smallest absolute Gasteiger partial charge is 0.260 e. The molecule has 146 valence electrons. The molecule has 7 heteroatoms. The molecule has 0 spiro atoms. The molecular formula is C19H26F4N2O. The van der Waals surface area contributed by atoms with Crippen molar-refractivity contribution in [3.8, 4) is 0 Å². The summed E-state index contributed by atoms with van der Waals surface area (Å²) in [6.45, 7) is 2.78. The number of nitrogens with one attached hydrogen (secondary N) is 1. The van der Waals surface area contributed by atoms with Crippen LogP contribution in [0.3, 0.4) is 0 Å². The van der Waals surface area contributed by atoms with Crippen LogP contribution < -0.4 is 5.32 Å². The highest BCUT2D eigenvalue weighted by Gasteiger charge is 2.36. The van der Waals surface area contributed by atoms with E-state index in [-0.39, 0.29) is 41.6 Å². The third-order valence-corrected chi connectivity index (χ3v) is 4.80. The first-order valence-electron chi connectivity index (χ1n) is 8.90. The Balaban J connectivity index is 2.06. The summed E-state index contributed by atoms with van der Waals surface area (Å²) < 4.78 is 53.0. The van der Waals surface area contributed by atoms with E-state index in [1.807, 2.05) is 13.8 Å². The predicted molar refractivity (Wildman–Crippen MR) is 92.8 cm³/mol. The SMILES string of the molecule is CC(C)C(CN1CCCC(F)(F)C1)NC(=O)c1ccc(CF)c(CF)c1. The molecule has 1 aliphatic heterocycles. The lowest BCUT2D eigenvalue weighted by Crippen LogP contribution is -2.51. The lowest BCUT2D eigenvalue weighted by atomic mass is 10.00. The Bertz CT molecular complexity index is 622. The topological polar surface area (TPSA) is 32.3 Å². The Kier molecular flexibility index (Phi) is 7.03. The number of hydrogen-bond acceptors (Lipinski definition) is 2. The van der Waals surface area contributed by atoms with Gasteiger partial charge in [0.25, 0.3) is 11.8 Å². The second-order valence-corrected chi connectivity index (χ2v) is 7.27. The van der Waals surface area contributed by atoms with Crippen molar-refractivity contribution < 1.29 is 22.4 Å². The Morgan fingerprint density at radius 2 is 1.92 bits per heavy atom. The Morgan fingerprint density at radius 3 is 2.50 bits per heavy atom. The van der Waals surface area contributed by atoms with E-state index in [9.17, 15) is 22.4 Å². The molecule has 0 bridgehead atoms. The third-order valence-electron chi connectivity index (χ3n) is 4.80. The number of rotatable bonds is 7. The van der Waals surface area contributed by atoms with Gasteiger partial charge in [0.15, 0.2) is 0 Å². The van der Waals surface area contributed by atoms with Gasteiger partial charge in [-0.15, -0.1) is 0 Å². The molecular weight excluding hydrogens is 348 g/mol. The molecule has 2 rings (SSSR count). The fourth-order valence-electron chi connectivity index (χ4n) is 3.18. The van der Waals surface area contributed by atoms with Crippen LogP contribution in [-0.2, 0) is 13.3 Å². The molecule has 0 saturated carbocycles. The van der Waals surface area contributed by atoms with Gasteiger partial charge in [-0.25, -0.2) is 17.6 Å².